The quantitative estimate of drug-likeness (QED) is 0.276. The van der Waals surface area contributed by atoms with E-state index in [1.807, 2.05) is 18.2 Å². The molecule has 0 unspecified atom stereocenters. The van der Waals surface area contributed by atoms with Crippen LogP contribution in [0.15, 0.2) is 29.4 Å². The molecule has 0 spiro atoms. The van der Waals surface area contributed by atoms with E-state index in [0.717, 1.165) is 50.8 Å². The van der Waals surface area contributed by atoms with Crippen molar-refractivity contribution in [2.45, 2.75) is 26.7 Å². The number of unbranched alkanes of at least 4 members (excludes halogenated alkanes) is 1. The first kappa shape index (κ1) is 18.9. The van der Waals surface area contributed by atoms with Gasteiger partial charge in [-0.3, -0.25) is 4.99 Å². The molecule has 3 N–H and O–H groups in total. The standard InChI is InChI=1S/C14H25N5.HI/c1-3-15-14(16-4-2)19-12-8-7-11-18-13-9-5-6-10-17-13;/h5-6,9-10H,3-4,7-8,11-12H2,1-2H3,(H,17,18)(H2,15,16,19);1H. The molecule has 0 aliphatic carbocycles. The van der Waals surface area contributed by atoms with E-state index in [9.17, 15) is 0 Å². The molecule has 0 saturated heterocycles. The number of nitrogens with zero attached hydrogens (tertiary/aromatic N) is 2. The van der Waals surface area contributed by atoms with Gasteiger partial charge in [0.2, 0.25) is 0 Å². The summed E-state index contributed by atoms with van der Waals surface area (Å²) in [5.74, 6) is 1.84. The van der Waals surface area contributed by atoms with Crippen LogP contribution >= 0.6 is 24.0 Å². The van der Waals surface area contributed by atoms with Gasteiger partial charge in [-0.2, -0.15) is 0 Å². The number of hydrogen-bond donors (Lipinski definition) is 3. The van der Waals surface area contributed by atoms with E-state index in [-0.39, 0.29) is 24.0 Å². The molecule has 114 valence electrons. The smallest absolute Gasteiger partial charge is 0.191 e. The normalized spacial score (nSPS) is 9.30. The Morgan fingerprint density at radius 3 is 2.50 bits per heavy atom. The third kappa shape index (κ3) is 8.95. The highest BCUT2D eigenvalue weighted by atomic mass is 127. The van der Waals surface area contributed by atoms with Crippen LogP contribution in [-0.4, -0.2) is 37.1 Å². The average Bonchev–Trinajstić information content (AvgIpc) is 2.44. The highest BCUT2D eigenvalue weighted by molar-refractivity contribution is 14.0. The number of aromatic nitrogens is 1. The van der Waals surface area contributed by atoms with Crippen molar-refractivity contribution in [1.29, 1.82) is 0 Å². The van der Waals surface area contributed by atoms with Gasteiger partial charge in [0.1, 0.15) is 5.82 Å². The van der Waals surface area contributed by atoms with Crippen molar-refractivity contribution in [2.75, 3.05) is 31.5 Å². The van der Waals surface area contributed by atoms with Gasteiger partial charge in [-0.15, -0.1) is 24.0 Å². The minimum atomic E-state index is 0. The molecule has 20 heavy (non-hydrogen) atoms. The van der Waals surface area contributed by atoms with Crippen LogP contribution in [0, 0.1) is 0 Å². The van der Waals surface area contributed by atoms with Crippen molar-refractivity contribution in [3.63, 3.8) is 0 Å². The molecule has 0 bridgehead atoms. The molecule has 0 fully saturated rings. The fraction of sp³-hybridized carbons (Fsp3) is 0.571. The minimum Gasteiger partial charge on any atom is -0.370 e. The molecule has 0 aromatic carbocycles. The fourth-order valence-corrected chi connectivity index (χ4v) is 1.62. The lowest BCUT2D eigenvalue weighted by atomic mass is 10.3. The van der Waals surface area contributed by atoms with Gasteiger partial charge in [-0.25, -0.2) is 4.98 Å². The Morgan fingerprint density at radius 1 is 1.15 bits per heavy atom. The van der Waals surface area contributed by atoms with E-state index in [2.05, 4.69) is 39.8 Å². The molecular weight excluding hydrogens is 365 g/mol. The third-order valence-corrected chi connectivity index (χ3v) is 2.51. The van der Waals surface area contributed by atoms with Crippen LogP contribution in [0.25, 0.3) is 0 Å². The maximum absolute atomic E-state index is 4.50. The maximum atomic E-state index is 4.50. The van der Waals surface area contributed by atoms with Gasteiger partial charge in [-0.1, -0.05) is 6.07 Å². The lowest BCUT2D eigenvalue weighted by Gasteiger charge is -2.09. The largest absolute Gasteiger partial charge is 0.370 e. The summed E-state index contributed by atoms with van der Waals surface area (Å²) in [5, 5.41) is 9.72. The van der Waals surface area contributed by atoms with Gasteiger partial charge in [0.25, 0.3) is 0 Å². The van der Waals surface area contributed by atoms with Crippen molar-refractivity contribution >= 4 is 35.8 Å². The summed E-state index contributed by atoms with van der Waals surface area (Å²) >= 11 is 0. The predicted molar refractivity (Wildman–Crippen MR) is 97.0 cm³/mol. The highest BCUT2D eigenvalue weighted by Crippen LogP contribution is 2.00. The number of pyridine rings is 1. The molecule has 0 atom stereocenters. The summed E-state index contributed by atoms with van der Waals surface area (Å²) in [6.45, 7) is 7.72. The van der Waals surface area contributed by atoms with Crippen LogP contribution in [0.1, 0.15) is 26.7 Å². The van der Waals surface area contributed by atoms with Crippen molar-refractivity contribution in [3.05, 3.63) is 24.4 Å². The Hall–Kier alpha value is -1.05. The number of guanidine groups is 1. The topological polar surface area (TPSA) is 61.3 Å². The van der Waals surface area contributed by atoms with E-state index < -0.39 is 0 Å². The molecule has 0 aliphatic heterocycles. The number of halogens is 1. The second-order valence-electron chi connectivity index (χ2n) is 4.14. The summed E-state index contributed by atoms with van der Waals surface area (Å²) in [6, 6.07) is 5.88. The first-order chi connectivity index (χ1) is 9.36. The van der Waals surface area contributed by atoms with Crippen LogP contribution < -0.4 is 16.0 Å². The Morgan fingerprint density at radius 2 is 1.90 bits per heavy atom. The van der Waals surface area contributed by atoms with Gasteiger partial charge in [-0.05, 0) is 38.8 Å². The summed E-state index contributed by atoms with van der Waals surface area (Å²) < 4.78 is 0. The first-order valence-corrected chi connectivity index (χ1v) is 7.04. The van der Waals surface area contributed by atoms with Crippen LogP contribution in [0.2, 0.25) is 0 Å². The second-order valence-corrected chi connectivity index (χ2v) is 4.14. The van der Waals surface area contributed by atoms with Gasteiger partial charge < -0.3 is 16.0 Å². The summed E-state index contributed by atoms with van der Waals surface area (Å²) in [5.41, 5.74) is 0. The zero-order valence-corrected chi connectivity index (χ0v) is 14.7. The molecule has 5 nitrogen and oxygen atoms in total. The molecular formula is C14H26IN5. The number of nitrogens with one attached hydrogen (secondary N) is 3. The minimum absolute atomic E-state index is 0. The van der Waals surface area contributed by atoms with Crippen molar-refractivity contribution in [2.24, 2.45) is 4.99 Å². The SMILES string of the molecule is CCNC(=NCCCCNc1ccccn1)NCC.I. The van der Waals surface area contributed by atoms with Crippen LogP contribution in [-0.2, 0) is 0 Å². The molecule has 0 saturated carbocycles. The molecule has 1 rings (SSSR count). The molecule has 0 aliphatic rings. The molecule has 0 radical (unpaired) electrons. The molecule has 1 aromatic rings. The molecule has 1 aromatic heterocycles. The lowest BCUT2D eigenvalue weighted by Crippen LogP contribution is -2.37. The van der Waals surface area contributed by atoms with E-state index >= 15 is 0 Å². The fourth-order valence-electron chi connectivity index (χ4n) is 1.62. The predicted octanol–water partition coefficient (Wildman–Crippen LogP) is 2.47. The zero-order valence-electron chi connectivity index (χ0n) is 12.4. The van der Waals surface area contributed by atoms with Gasteiger partial charge >= 0.3 is 0 Å². The molecule has 6 heteroatoms. The lowest BCUT2D eigenvalue weighted by molar-refractivity contribution is 0.756. The number of aliphatic imine (C=N–C) groups is 1. The Balaban J connectivity index is 0.00000361. The first-order valence-electron chi connectivity index (χ1n) is 7.04. The Labute approximate surface area is 139 Å². The number of anilines is 1. The van der Waals surface area contributed by atoms with Gasteiger partial charge in [0, 0.05) is 32.4 Å². The summed E-state index contributed by atoms with van der Waals surface area (Å²) in [6.07, 6.45) is 3.96. The summed E-state index contributed by atoms with van der Waals surface area (Å²) in [4.78, 5) is 8.71. The average molecular weight is 391 g/mol. The van der Waals surface area contributed by atoms with Gasteiger partial charge in [0.05, 0.1) is 0 Å². The van der Waals surface area contributed by atoms with Gasteiger partial charge in [0.15, 0.2) is 5.96 Å². The van der Waals surface area contributed by atoms with E-state index in [1.165, 1.54) is 0 Å². The Kier molecular flexibility index (Phi) is 12.3. The van der Waals surface area contributed by atoms with E-state index in [4.69, 9.17) is 0 Å². The van der Waals surface area contributed by atoms with Crippen molar-refractivity contribution < 1.29 is 0 Å². The second kappa shape index (κ2) is 13.0. The monoisotopic (exact) mass is 391 g/mol. The maximum Gasteiger partial charge on any atom is 0.191 e. The summed E-state index contributed by atoms with van der Waals surface area (Å²) in [7, 11) is 0. The van der Waals surface area contributed by atoms with Crippen LogP contribution in [0.4, 0.5) is 5.82 Å². The third-order valence-electron chi connectivity index (χ3n) is 2.51. The van der Waals surface area contributed by atoms with E-state index in [0.29, 0.717) is 0 Å². The Bertz CT molecular complexity index is 348. The highest BCUT2D eigenvalue weighted by Gasteiger charge is 1.94. The molecule has 1 heterocycles. The van der Waals surface area contributed by atoms with Crippen molar-refractivity contribution in [1.82, 2.24) is 15.6 Å². The number of rotatable bonds is 8. The van der Waals surface area contributed by atoms with E-state index in [1.54, 1.807) is 6.20 Å². The number of hydrogen-bond acceptors (Lipinski definition) is 3. The van der Waals surface area contributed by atoms with Crippen molar-refractivity contribution in [3.8, 4) is 0 Å². The molecule has 0 amide bonds. The van der Waals surface area contributed by atoms with Crippen LogP contribution in [0.3, 0.4) is 0 Å². The zero-order chi connectivity index (χ0) is 13.8. The van der Waals surface area contributed by atoms with Crippen LogP contribution in [0.5, 0.6) is 0 Å².